The van der Waals surface area contributed by atoms with E-state index in [1.807, 2.05) is 36.4 Å². The minimum atomic E-state index is 0.454. The molecule has 3 rings (SSSR count). The van der Waals surface area contributed by atoms with Gasteiger partial charge in [0.15, 0.2) is 5.82 Å². The second kappa shape index (κ2) is 3.74. The molecule has 0 saturated heterocycles. The van der Waals surface area contributed by atoms with Gasteiger partial charge < -0.3 is 0 Å². The molecule has 76 valence electrons. The molecule has 0 aliphatic rings. The molecule has 0 spiro atoms. The summed E-state index contributed by atoms with van der Waals surface area (Å²) in [5.74, 6) is 0.600. The van der Waals surface area contributed by atoms with Crippen molar-refractivity contribution in [2.45, 2.75) is 0 Å². The molecule has 1 aromatic heterocycles. The quantitative estimate of drug-likeness (QED) is 0.612. The van der Waals surface area contributed by atoms with Crippen molar-refractivity contribution in [3.8, 4) is 11.4 Å². The van der Waals surface area contributed by atoms with Crippen molar-refractivity contribution in [1.82, 2.24) is 9.97 Å². The fourth-order valence-corrected chi connectivity index (χ4v) is 1.69. The van der Waals surface area contributed by atoms with Crippen molar-refractivity contribution in [2.24, 2.45) is 0 Å². The summed E-state index contributed by atoms with van der Waals surface area (Å²) in [7, 11) is 0. The van der Waals surface area contributed by atoms with Gasteiger partial charge in [-0.15, -0.1) is 0 Å². The zero-order valence-electron chi connectivity index (χ0n) is 9.59. The number of nitrogens with zero attached hydrogens (tertiary/aromatic N) is 2. The highest BCUT2D eigenvalue weighted by Crippen LogP contribution is 2.21. The van der Waals surface area contributed by atoms with Crippen LogP contribution in [0.2, 0.25) is 0 Å². The Hall–Kier alpha value is -2.22. The number of fused-ring (bicyclic) bond motifs is 1. The summed E-state index contributed by atoms with van der Waals surface area (Å²) in [5.41, 5.74) is 0.768. The molecule has 0 bridgehead atoms. The Morgan fingerprint density at radius 2 is 1.62 bits per heavy atom. The van der Waals surface area contributed by atoms with E-state index < -0.39 is 0 Å². The minimum Gasteiger partial charge on any atom is -0.237 e. The molecule has 0 aliphatic carbocycles. The van der Waals surface area contributed by atoms with Gasteiger partial charge in [0.25, 0.3) is 0 Å². The van der Waals surface area contributed by atoms with Gasteiger partial charge in [-0.05, 0) is 22.9 Å². The molecule has 0 radical (unpaired) electrons. The fraction of sp³-hybridized carbons (Fsp3) is 0. The zero-order chi connectivity index (χ0) is 11.7. The van der Waals surface area contributed by atoms with Crippen LogP contribution in [0.4, 0.5) is 0 Å². The third kappa shape index (κ3) is 1.54. The van der Waals surface area contributed by atoms with Crippen LogP contribution >= 0.6 is 0 Å². The summed E-state index contributed by atoms with van der Waals surface area (Å²) in [6.07, 6.45) is 3.38. The molecule has 2 nitrogen and oxygen atoms in total. The first-order valence-corrected chi connectivity index (χ1v) is 5.11. The van der Waals surface area contributed by atoms with Gasteiger partial charge >= 0.3 is 0 Å². The van der Waals surface area contributed by atoms with Gasteiger partial charge in [-0.25, -0.2) is 9.97 Å². The molecule has 0 aliphatic heterocycles. The third-order valence-corrected chi connectivity index (χ3v) is 2.49. The lowest BCUT2D eigenvalue weighted by Gasteiger charge is -2.01. The molecule has 2 aromatic carbocycles. The van der Waals surface area contributed by atoms with Crippen LogP contribution in [0.5, 0.6) is 0 Å². The van der Waals surface area contributed by atoms with E-state index in [1.165, 1.54) is 0 Å². The molecule has 0 atom stereocenters. The van der Waals surface area contributed by atoms with Gasteiger partial charge in [0, 0.05) is 18.0 Å². The van der Waals surface area contributed by atoms with Gasteiger partial charge in [0.2, 0.25) is 0 Å². The predicted octanol–water partition coefficient (Wildman–Crippen LogP) is 3.30. The Kier molecular flexibility index (Phi) is 1.87. The van der Waals surface area contributed by atoms with Crippen LogP contribution in [-0.2, 0) is 0 Å². The van der Waals surface area contributed by atoms with Crippen molar-refractivity contribution < 1.29 is 1.37 Å². The topological polar surface area (TPSA) is 25.8 Å². The van der Waals surface area contributed by atoms with Gasteiger partial charge in [-0.2, -0.15) is 0 Å². The molecule has 0 fully saturated rings. The smallest absolute Gasteiger partial charge is 0.159 e. The van der Waals surface area contributed by atoms with Crippen LogP contribution in [0.3, 0.4) is 0 Å². The predicted molar refractivity (Wildman–Crippen MR) is 65.0 cm³/mol. The Morgan fingerprint density at radius 3 is 2.44 bits per heavy atom. The highest BCUT2D eigenvalue weighted by molar-refractivity contribution is 5.86. The number of benzene rings is 2. The summed E-state index contributed by atoms with van der Waals surface area (Å²) in [4.78, 5) is 8.37. The second-order valence-corrected chi connectivity index (χ2v) is 3.55. The lowest BCUT2D eigenvalue weighted by molar-refractivity contribution is 1.18. The second-order valence-electron chi connectivity index (χ2n) is 3.55. The van der Waals surface area contributed by atoms with Crippen molar-refractivity contribution in [1.29, 1.82) is 0 Å². The maximum atomic E-state index is 8.01. The normalized spacial score (nSPS) is 11.4. The number of hydrogen-bond donors (Lipinski definition) is 0. The summed E-state index contributed by atoms with van der Waals surface area (Å²) in [5, 5.41) is 2.17. The minimum absolute atomic E-state index is 0.454. The highest BCUT2D eigenvalue weighted by atomic mass is 14.8. The summed E-state index contributed by atoms with van der Waals surface area (Å²) in [6, 6.07) is 14.0. The summed E-state index contributed by atoms with van der Waals surface area (Å²) in [6.45, 7) is 0. The van der Waals surface area contributed by atoms with Crippen LogP contribution < -0.4 is 0 Å². The van der Waals surface area contributed by atoms with Crippen LogP contribution in [0.15, 0.2) is 60.9 Å². The first kappa shape index (κ1) is 7.99. The largest absolute Gasteiger partial charge is 0.237 e. The van der Waals surface area contributed by atoms with E-state index in [0.29, 0.717) is 11.9 Å². The van der Waals surface area contributed by atoms with E-state index in [0.717, 1.165) is 16.3 Å². The average molecular weight is 207 g/mol. The highest BCUT2D eigenvalue weighted by Gasteiger charge is 2.00. The molecule has 0 unspecified atom stereocenters. The summed E-state index contributed by atoms with van der Waals surface area (Å²) >= 11 is 0. The lowest BCUT2D eigenvalue weighted by Crippen LogP contribution is -1.86. The molecule has 16 heavy (non-hydrogen) atoms. The molecule has 0 amide bonds. The van der Waals surface area contributed by atoms with E-state index >= 15 is 0 Å². The summed E-state index contributed by atoms with van der Waals surface area (Å²) < 4.78 is 8.01. The van der Waals surface area contributed by atoms with Gasteiger partial charge in [-0.3, -0.25) is 0 Å². The number of rotatable bonds is 1. The van der Waals surface area contributed by atoms with Crippen molar-refractivity contribution in [3.05, 3.63) is 60.9 Å². The molecule has 0 N–H and O–H groups in total. The molecular weight excluding hydrogens is 196 g/mol. The zero-order valence-corrected chi connectivity index (χ0v) is 8.59. The van der Waals surface area contributed by atoms with Crippen LogP contribution in [0.25, 0.3) is 22.2 Å². The third-order valence-electron chi connectivity index (χ3n) is 2.49. The number of hydrogen-bond acceptors (Lipinski definition) is 2. The Balaban J connectivity index is 2.27. The standard InChI is InChI=1S/C14H10N2/c1-2-5-12-10-13(7-6-11(12)4-1)14-15-8-3-9-16-14/h1-10H/i7D. The Morgan fingerprint density at radius 1 is 0.875 bits per heavy atom. The first-order valence-electron chi connectivity index (χ1n) is 5.61. The maximum Gasteiger partial charge on any atom is 0.159 e. The Labute approximate surface area is 95.0 Å². The van der Waals surface area contributed by atoms with E-state index in [-0.39, 0.29) is 0 Å². The van der Waals surface area contributed by atoms with Crippen LogP contribution in [0.1, 0.15) is 1.37 Å². The number of aromatic nitrogens is 2. The Bertz CT molecular complexity index is 665. The van der Waals surface area contributed by atoms with Gasteiger partial charge in [0.1, 0.15) is 0 Å². The van der Waals surface area contributed by atoms with Gasteiger partial charge in [0.05, 0.1) is 1.37 Å². The SMILES string of the molecule is [2H]c1cc2ccccc2cc1-c1ncccn1. The van der Waals surface area contributed by atoms with E-state index in [4.69, 9.17) is 1.37 Å². The maximum absolute atomic E-state index is 8.01. The van der Waals surface area contributed by atoms with Gasteiger partial charge in [-0.1, -0.05) is 36.4 Å². The molecule has 0 saturated carbocycles. The molecular formula is C14H10N2. The van der Waals surface area contributed by atoms with Crippen LogP contribution in [-0.4, -0.2) is 9.97 Å². The van der Waals surface area contributed by atoms with E-state index in [9.17, 15) is 0 Å². The van der Waals surface area contributed by atoms with E-state index in [2.05, 4.69) is 9.97 Å². The fourth-order valence-electron chi connectivity index (χ4n) is 1.69. The first-order chi connectivity index (χ1) is 8.34. The average Bonchev–Trinajstić information content (AvgIpc) is 2.39. The monoisotopic (exact) mass is 207 g/mol. The van der Waals surface area contributed by atoms with Crippen LogP contribution in [0, 0.1) is 0 Å². The molecule has 3 aromatic rings. The lowest BCUT2D eigenvalue weighted by atomic mass is 10.1. The molecule has 2 heteroatoms. The van der Waals surface area contributed by atoms with E-state index in [1.54, 1.807) is 18.5 Å². The van der Waals surface area contributed by atoms with Crippen molar-refractivity contribution >= 4 is 10.8 Å². The molecule has 1 heterocycles. The van der Waals surface area contributed by atoms with Crippen molar-refractivity contribution in [2.75, 3.05) is 0 Å². The van der Waals surface area contributed by atoms with Crippen molar-refractivity contribution in [3.63, 3.8) is 0 Å².